The van der Waals surface area contributed by atoms with Gasteiger partial charge >= 0.3 is 0 Å². The lowest BCUT2D eigenvalue weighted by molar-refractivity contribution is 0.518. The summed E-state index contributed by atoms with van der Waals surface area (Å²) in [7, 11) is 0. The van der Waals surface area contributed by atoms with Gasteiger partial charge in [0.25, 0.3) is 0 Å². The van der Waals surface area contributed by atoms with Gasteiger partial charge in [-0.15, -0.1) is 11.6 Å². The Morgan fingerprint density at radius 2 is 1.94 bits per heavy atom. The van der Waals surface area contributed by atoms with Gasteiger partial charge in [-0.25, -0.2) is 0 Å². The van der Waals surface area contributed by atoms with E-state index < -0.39 is 0 Å². The number of rotatable bonds is 8. The van der Waals surface area contributed by atoms with Crippen LogP contribution in [0.2, 0.25) is 0 Å². The number of fused-ring (bicyclic) bond motifs is 1. The van der Waals surface area contributed by atoms with E-state index in [0.29, 0.717) is 0 Å². The van der Waals surface area contributed by atoms with Crippen molar-refractivity contribution in [1.82, 2.24) is 5.32 Å². The predicted molar refractivity (Wildman–Crippen MR) is 74.9 cm³/mol. The van der Waals surface area contributed by atoms with Crippen LogP contribution in [0.15, 0.2) is 24.3 Å². The van der Waals surface area contributed by atoms with Crippen LogP contribution in [0.4, 0.5) is 0 Å². The van der Waals surface area contributed by atoms with Gasteiger partial charge in [0, 0.05) is 18.3 Å². The van der Waals surface area contributed by atoms with Crippen LogP contribution >= 0.6 is 11.6 Å². The van der Waals surface area contributed by atoms with Crippen LogP contribution in [0.25, 0.3) is 0 Å². The maximum atomic E-state index is 5.64. The largest absolute Gasteiger partial charge is 0.316 e. The maximum Gasteiger partial charge on any atom is 0.0223 e. The summed E-state index contributed by atoms with van der Waals surface area (Å²) in [5.41, 5.74) is 3.10. The van der Waals surface area contributed by atoms with Gasteiger partial charge in [0.1, 0.15) is 0 Å². The Balaban J connectivity index is 1.53. The van der Waals surface area contributed by atoms with E-state index >= 15 is 0 Å². The van der Waals surface area contributed by atoms with Crippen LogP contribution in [0, 0.1) is 0 Å². The number of nitrogens with one attached hydrogen (secondary N) is 1. The first-order chi connectivity index (χ1) is 8.42. The quantitative estimate of drug-likeness (QED) is 0.549. The predicted octanol–water partition coefficient (Wildman–Crippen LogP) is 3.72. The van der Waals surface area contributed by atoms with Crippen LogP contribution in [-0.4, -0.2) is 19.0 Å². The molecular formula is C15H22ClN. The second-order valence-electron chi connectivity index (χ2n) is 4.91. The Kier molecular flexibility index (Phi) is 5.34. The van der Waals surface area contributed by atoms with Crippen LogP contribution < -0.4 is 5.32 Å². The standard InChI is InChI=1S/C15H22ClN/c16-9-5-1-2-6-10-17-12-14-11-13-7-3-4-8-15(13)14/h3-4,7-8,14,17H,1-2,5-6,9-12H2. The number of hydrogen-bond donors (Lipinski definition) is 1. The Morgan fingerprint density at radius 1 is 1.12 bits per heavy atom. The fourth-order valence-electron chi connectivity index (χ4n) is 2.52. The molecule has 0 aliphatic heterocycles. The van der Waals surface area contributed by atoms with Crippen molar-refractivity contribution in [3.05, 3.63) is 35.4 Å². The molecule has 1 aliphatic rings. The van der Waals surface area contributed by atoms with E-state index in [4.69, 9.17) is 11.6 Å². The highest BCUT2D eigenvalue weighted by molar-refractivity contribution is 6.17. The zero-order valence-electron chi connectivity index (χ0n) is 10.4. The average Bonchev–Trinajstić information content (AvgIpc) is 2.33. The van der Waals surface area contributed by atoms with Gasteiger partial charge in [-0.1, -0.05) is 37.1 Å². The van der Waals surface area contributed by atoms with Crippen LogP contribution in [0.3, 0.4) is 0 Å². The first-order valence-electron chi connectivity index (χ1n) is 6.76. The van der Waals surface area contributed by atoms with Gasteiger partial charge in [0.2, 0.25) is 0 Å². The molecule has 0 saturated heterocycles. The van der Waals surface area contributed by atoms with E-state index in [2.05, 4.69) is 29.6 Å². The fourth-order valence-corrected chi connectivity index (χ4v) is 2.71. The summed E-state index contributed by atoms with van der Waals surface area (Å²) in [6, 6.07) is 8.81. The van der Waals surface area contributed by atoms with Gasteiger partial charge < -0.3 is 5.32 Å². The maximum absolute atomic E-state index is 5.64. The number of hydrogen-bond acceptors (Lipinski definition) is 1. The van der Waals surface area contributed by atoms with Crippen molar-refractivity contribution in [2.24, 2.45) is 0 Å². The summed E-state index contributed by atoms with van der Waals surface area (Å²) in [6.07, 6.45) is 6.29. The number of unbranched alkanes of at least 4 members (excludes halogenated alkanes) is 3. The minimum absolute atomic E-state index is 0.758. The fraction of sp³-hybridized carbons (Fsp3) is 0.600. The minimum Gasteiger partial charge on any atom is -0.316 e. The van der Waals surface area contributed by atoms with Crippen molar-refractivity contribution in [3.63, 3.8) is 0 Å². The molecule has 1 aromatic carbocycles. The van der Waals surface area contributed by atoms with E-state index in [1.54, 1.807) is 11.1 Å². The summed E-state index contributed by atoms with van der Waals surface area (Å²) >= 11 is 5.64. The molecule has 1 aromatic rings. The summed E-state index contributed by atoms with van der Waals surface area (Å²) in [5, 5.41) is 3.57. The first-order valence-corrected chi connectivity index (χ1v) is 7.29. The van der Waals surface area contributed by atoms with Crippen LogP contribution in [0.5, 0.6) is 0 Å². The van der Waals surface area contributed by atoms with Gasteiger partial charge in [0.05, 0.1) is 0 Å². The van der Waals surface area contributed by atoms with Crippen LogP contribution in [0.1, 0.15) is 42.7 Å². The molecule has 0 fully saturated rings. The third-order valence-electron chi connectivity index (χ3n) is 3.59. The Bertz CT molecular complexity index is 337. The molecule has 1 aliphatic carbocycles. The monoisotopic (exact) mass is 251 g/mol. The van der Waals surface area contributed by atoms with Crippen LogP contribution in [-0.2, 0) is 6.42 Å². The van der Waals surface area contributed by atoms with E-state index in [1.807, 2.05) is 0 Å². The minimum atomic E-state index is 0.758. The van der Waals surface area contributed by atoms with Gasteiger partial charge in [-0.05, 0) is 36.9 Å². The lowest BCUT2D eigenvalue weighted by Gasteiger charge is -2.30. The third kappa shape index (κ3) is 3.72. The second-order valence-corrected chi connectivity index (χ2v) is 5.29. The van der Waals surface area contributed by atoms with Gasteiger partial charge in [-0.2, -0.15) is 0 Å². The van der Waals surface area contributed by atoms with Gasteiger partial charge in [-0.3, -0.25) is 0 Å². The number of benzene rings is 1. The number of alkyl halides is 1. The molecule has 1 N–H and O–H groups in total. The van der Waals surface area contributed by atoms with Crippen molar-refractivity contribution >= 4 is 11.6 Å². The van der Waals surface area contributed by atoms with E-state index in [1.165, 1.54) is 25.7 Å². The topological polar surface area (TPSA) is 12.0 Å². The van der Waals surface area contributed by atoms with Crippen molar-refractivity contribution in [2.75, 3.05) is 19.0 Å². The average molecular weight is 252 g/mol. The SMILES string of the molecule is ClCCCCCCNCC1Cc2ccccc21. The highest BCUT2D eigenvalue weighted by Gasteiger charge is 2.24. The molecule has 2 rings (SSSR count). The smallest absolute Gasteiger partial charge is 0.0223 e. The zero-order valence-corrected chi connectivity index (χ0v) is 11.2. The molecule has 0 aromatic heterocycles. The summed E-state index contributed by atoms with van der Waals surface area (Å²) in [4.78, 5) is 0. The summed E-state index contributed by atoms with van der Waals surface area (Å²) in [6.45, 7) is 2.30. The van der Waals surface area contributed by atoms with Crippen molar-refractivity contribution in [1.29, 1.82) is 0 Å². The Hall–Kier alpha value is -0.530. The van der Waals surface area contributed by atoms with Gasteiger partial charge in [0.15, 0.2) is 0 Å². The molecule has 17 heavy (non-hydrogen) atoms. The van der Waals surface area contributed by atoms with E-state index in [0.717, 1.165) is 31.3 Å². The summed E-state index contributed by atoms with van der Waals surface area (Å²) in [5.74, 6) is 1.57. The molecule has 2 heteroatoms. The normalized spacial score (nSPS) is 17.6. The molecular weight excluding hydrogens is 230 g/mol. The Morgan fingerprint density at radius 3 is 2.76 bits per heavy atom. The highest BCUT2D eigenvalue weighted by atomic mass is 35.5. The zero-order chi connectivity index (χ0) is 11.9. The van der Waals surface area contributed by atoms with Crippen molar-refractivity contribution in [2.45, 2.75) is 38.0 Å². The molecule has 0 saturated carbocycles. The molecule has 0 amide bonds. The molecule has 1 nitrogen and oxygen atoms in total. The molecule has 0 spiro atoms. The van der Waals surface area contributed by atoms with E-state index in [9.17, 15) is 0 Å². The third-order valence-corrected chi connectivity index (χ3v) is 3.86. The lowest BCUT2D eigenvalue weighted by Crippen LogP contribution is -2.29. The lowest BCUT2D eigenvalue weighted by atomic mass is 9.77. The molecule has 1 atom stereocenters. The Labute approximate surface area is 110 Å². The highest BCUT2D eigenvalue weighted by Crippen LogP contribution is 2.33. The van der Waals surface area contributed by atoms with Crippen molar-refractivity contribution < 1.29 is 0 Å². The molecule has 0 heterocycles. The first kappa shape index (κ1) is 12.9. The molecule has 0 bridgehead atoms. The molecule has 0 radical (unpaired) electrons. The second kappa shape index (κ2) is 7.03. The van der Waals surface area contributed by atoms with E-state index in [-0.39, 0.29) is 0 Å². The summed E-state index contributed by atoms with van der Waals surface area (Å²) < 4.78 is 0. The molecule has 1 unspecified atom stereocenters. The van der Waals surface area contributed by atoms with Crippen molar-refractivity contribution in [3.8, 4) is 0 Å². The molecule has 94 valence electrons. The number of halogens is 1.